The van der Waals surface area contributed by atoms with Gasteiger partial charge in [-0.1, -0.05) is 30.3 Å². The summed E-state index contributed by atoms with van der Waals surface area (Å²) in [6, 6.07) is 16.4. The topological polar surface area (TPSA) is 71.4 Å². The zero-order valence-electron chi connectivity index (χ0n) is 18.8. The van der Waals surface area contributed by atoms with Crippen molar-refractivity contribution >= 4 is 17.5 Å². The molecule has 0 spiro atoms. The number of fused-ring (bicyclic) bond motifs is 1. The summed E-state index contributed by atoms with van der Waals surface area (Å²) >= 11 is 0. The van der Waals surface area contributed by atoms with Crippen LogP contribution in [0.1, 0.15) is 33.9 Å². The van der Waals surface area contributed by atoms with Gasteiger partial charge in [0, 0.05) is 13.5 Å². The van der Waals surface area contributed by atoms with Crippen LogP contribution in [0.3, 0.4) is 0 Å². The Morgan fingerprint density at radius 3 is 2.54 bits per heavy atom. The predicted molar refractivity (Wildman–Crippen MR) is 123 cm³/mol. The minimum absolute atomic E-state index is 0.117. The third kappa shape index (κ3) is 4.44. The second kappa shape index (κ2) is 9.17. The summed E-state index contributed by atoms with van der Waals surface area (Å²) < 4.78 is 38.4. The van der Waals surface area contributed by atoms with Gasteiger partial charge >= 0.3 is 0 Å². The standard InChI is InChI=1S/C26H21F2N3O4/c1-30(26(33)19-4-2-3-5-20(19)28)14-25(32)31-22(17-8-11-23-24(12-17)35-15-34-23)13-21(29-31)16-6-9-18(27)10-7-16/h2-12,22H,13-15H2,1H3. The van der Waals surface area contributed by atoms with E-state index in [1.165, 1.54) is 42.4 Å². The Morgan fingerprint density at radius 2 is 1.77 bits per heavy atom. The Morgan fingerprint density at radius 1 is 1.03 bits per heavy atom. The zero-order valence-corrected chi connectivity index (χ0v) is 18.8. The number of likely N-dealkylation sites (N-methyl/N-ethyl adjacent to an activating group) is 1. The first kappa shape index (κ1) is 22.5. The third-order valence-corrected chi connectivity index (χ3v) is 5.95. The highest BCUT2D eigenvalue weighted by molar-refractivity contribution is 6.03. The first-order valence-corrected chi connectivity index (χ1v) is 11.0. The molecule has 3 aromatic carbocycles. The summed E-state index contributed by atoms with van der Waals surface area (Å²) in [5, 5.41) is 5.86. The number of amides is 2. The second-order valence-corrected chi connectivity index (χ2v) is 8.27. The first-order chi connectivity index (χ1) is 16.9. The largest absolute Gasteiger partial charge is 0.454 e. The van der Waals surface area contributed by atoms with Crippen molar-refractivity contribution in [3.63, 3.8) is 0 Å². The minimum Gasteiger partial charge on any atom is -0.454 e. The maximum Gasteiger partial charge on any atom is 0.262 e. The molecule has 3 aromatic rings. The number of benzene rings is 3. The van der Waals surface area contributed by atoms with Crippen molar-refractivity contribution in [3.05, 3.63) is 95.1 Å². The first-order valence-electron chi connectivity index (χ1n) is 11.0. The molecule has 0 fully saturated rings. The molecule has 0 saturated carbocycles. The highest BCUT2D eigenvalue weighted by atomic mass is 19.1. The molecule has 2 aliphatic heterocycles. The molecule has 9 heteroatoms. The molecule has 2 aliphatic rings. The molecular formula is C26H21F2N3O4. The Hall–Kier alpha value is -4.27. The molecular weight excluding hydrogens is 456 g/mol. The smallest absolute Gasteiger partial charge is 0.262 e. The summed E-state index contributed by atoms with van der Waals surface area (Å²) in [6.45, 7) is -0.194. The van der Waals surface area contributed by atoms with Gasteiger partial charge in [0.1, 0.15) is 18.2 Å². The Balaban J connectivity index is 1.42. The lowest BCUT2D eigenvalue weighted by molar-refractivity contribution is -0.133. The van der Waals surface area contributed by atoms with Crippen LogP contribution in [0.4, 0.5) is 8.78 Å². The quantitative estimate of drug-likeness (QED) is 0.554. The molecule has 35 heavy (non-hydrogen) atoms. The van der Waals surface area contributed by atoms with E-state index in [1.54, 1.807) is 30.3 Å². The summed E-state index contributed by atoms with van der Waals surface area (Å²) in [5.41, 5.74) is 1.94. The number of halogens is 2. The molecule has 5 rings (SSSR count). The van der Waals surface area contributed by atoms with Crippen LogP contribution >= 0.6 is 0 Å². The van der Waals surface area contributed by atoms with Crippen LogP contribution in [-0.2, 0) is 4.79 Å². The van der Waals surface area contributed by atoms with E-state index >= 15 is 0 Å². The van der Waals surface area contributed by atoms with Gasteiger partial charge in [-0.15, -0.1) is 0 Å². The van der Waals surface area contributed by atoms with Gasteiger partial charge in [-0.05, 0) is 47.5 Å². The molecule has 0 radical (unpaired) electrons. The Kier molecular flexibility index (Phi) is 5.90. The third-order valence-electron chi connectivity index (χ3n) is 5.95. The van der Waals surface area contributed by atoms with Crippen molar-refractivity contribution in [1.29, 1.82) is 0 Å². The van der Waals surface area contributed by atoms with Crippen molar-refractivity contribution in [2.24, 2.45) is 5.10 Å². The maximum absolute atomic E-state index is 14.1. The van der Waals surface area contributed by atoms with Gasteiger partial charge in [0.25, 0.3) is 11.8 Å². The van der Waals surface area contributed by atoms with Crippen LogP contribution in [0, 0.1) is 11.6 Å². The Bertz CT molecular complexity index is 1330. The molecule has 0 N–H and O–H groups in total. The van der Waals surface area contributed by atoms with Gasteiger partial charge in [-0.2, -0.15) is 5.10 Å². The number of rotatable bonds is 5. The molecule has 0 saturated heterocycles. The summed E-state index contributed by atoms with van der Waals surface area (Å²) in [5.74, 6) is -0.916. The highest BCUT2D eigenvalue weighted by Crippen LogP contribution is 2.39. The number of carbonyl (C=O) groups is 2. The lowest BCUT2D eigenvalue weighted by Gasteiger charge is -2.25. The molecule has 7 nitrogen and oxygen atoms in total. The minimum atomic E-state index is -0.659. The van der Waals surface area contributed by atoms with Crippen LogP contribution < -0.4 is 9.47 Å². The Labute approximate surface area is 200 Å². The molecule has 0 aromatic heterocycles. The normalized spacial score (nSPS) is 16.3. The molecule has 1 unspecified atom stereocenters. The number of nitrogens with zero attached hydrogens (tertiary/aromatic N) is 3. The van der Waals surface area contributed by atoms with E-state index in [4.69, 9.17) is 9.47 Å². The highest BCUT2D eigenvalue weighted by Gasteiger charge is 2.35. The molecule has 1 atom stereocenters. The van der Waals surface area contributed by atoms with Crippen molar-refractivity contribution in [2.75, 3.05) is 20.4 Å². The zero-order chi connectivity index (χ0) is 24.5. The fraction of sp³-hybridized carbons (Fsp3) is 0.192. The van der Waals surface area contributed by atoms with Crippen LogP contribution in [0.5, 0.6) is 11.5 Å². The number of carbonyl (C=O) groups excluding carboxylic acids is 2. The van der Waals surface area contributed by atoms with Crippen molar-refractivity contribution < 1.29 is 27.8 Å². The monoisotopic (exact) mass is 477 g/mol. The number of hydrazone groups is 1. The van der Waals surface area contributed by atoms with E-state index in [-0.39, 0.29) is 24.7 Å². The van der Waals surface area contributed by atoms with E-state index < -0.39 is 23.7 Å². The predicted octanol–water partition coefficient (Wildman–Crippen LogP) is 4.14. The van der Waals surface area contributed by atoms with E-state index in [0.717, 1.165) is 10.5 Å². The second-order valence-electron chi connectivity index (χ2n) is 8.27. The maximum atomic E-state index is 14.1. The van der Waals surface area contributed by atoms with Crippen LogP contribution in [-0.4, -0.2) is 47.8 Å². The molecule has 2 amide bonds. The van der Waals surface area contributed by atoms with Crippen molar-refractivity contribution in [3.8, 4) is 11.5 Å². The van der Waals surface area contributed by atoms with E-state index in [2.05, 4.69) is 5.10 Å². The number of hydrogen-bond acceptors (Lipinski definition) is 5. The molecule has 0 bridgehead atoms. The lowest BCUT2D eigenvalue weighted by atomic mass is 9.98. The molecule has 2 heterocycles. The van der Waals surface area contributed by atoms with Gasteiger partial charge in [0.2, 0.25) is 6.79 Å². The number of hydrogen-bond donors (Lipinski definition) is 0. The van der Waals surface area contributed by atoms with Crippen LogP contribution in [0.25, 0.3) is 0 Å². The SMILES string of the molecule is CN(CC(=O)N1N=C(c2ccc(F)cc2)CC1c1ccc2c(c1)OCO2)C(=O)c1ccccc1F. The number of ether oxygens (including phenoxy) is 2. The summed E-state index contributed by atoms with van der Waals surface area (Å²) in [7, 11) is 1.43. The van der Waals surface area contributed by atoms with E-state index in [0.29, 0.717) is 29.2 Å². The van der Waals surface area contributed by atoms with Crippen molar-refractivity contribution in [1.82, 2.24) is 9.91 Å². The van der Waals surface area contributed by atoms with Crippen LogP contribution in [0.2, 0.25) is 0 Å². The van der Waals surface area contributed by atoms with Gasteiger partial charge in [0.15, 0.2) is 11.5 Å². The van der Waals surface area contributed by atoms with Gasteiger partial charge in [-0.3, -0.25) is 9.59 Å². The van der Waals surface area contributed by atoms with E-state index in [1.807, 2.05) is 6.07 Å². The van der Waals surface area contributed by atoms with Gasteiger partial charge in [0.05, 0.1) is 17.3 Å². The summed E-state index contributed by atoms with van der Waals surface area (Å²) in [4.78, 5) is 27.2. The average Bonchev–Trinajstić information content (AvgIpc) is 3.51. The average molecular weight is 477 g/mol. The van der Waals surface area contributed by atoms with Gasteiger partial charge in [-0.25, -0.2) is 13.8 Å². The summed E-state index contributed by atoms with van der Waals surface area (Å²) in [6.07, 6.45) is 0.377. The fourth-order valence-electron chi connectivity index (χ4n) is 4.12. The lowest BCUT2D eigenvalue weighted by Crippen LogP contribution is -2.39. The van der Waals surface area contributed by atoms with E-state index in [9.17, 15) is 18.4 Å². The van der Waals surface area contributed by atoms with Gasteiger partial charge < -0.3 is 14.4 Å². The fourth-order valence-corrected chi connectivity index (χ4v) is 4.12. The van der Waals surface area contributed by atoms with Crippen LogP contribution in [0.15, 0.2) is 71.8 Å². The van der Waals surface area contributed by atoms with Crippen molar-refractivity contribution in [2.45, 2.75) is 12.5 Å². The molecule has 0 aliphatic carbocycles. The molecule has 178 valence electrons.